The van der Waals surface area contributed by atoms with E-state index in [-0.39, 0.29) is 33.2 Å². The van der Waals surface area contributed by atoms with Crippen LogP contribution in [0.5, 0.6) is 5.75 Å². The van der Waals surface area contributed by atoms with Crippen LogP contribution in [-0.2, 0) is 39.6 Å². The van der Waals surface area contributed by atoms with Crippen molar-refractivity contribution < 1.29 is 27.5 Å². The maximum atomic E-state index is 11.2. The van der Waals surface area contributed by atoms with Gasteiger partial charge in [-0.1, -0.05) is 78.0 Å². The Morgan fingerprint density at radius 3 is 1.53 bits per heavy atom. The monoisotopic (exact) mass is 691 g/mol. The van der Waals surface area contributed by atoms with E-state index in [1.165, 1.54) is 22.3 Å². The summed E-state index contributed by atoms with van der Waals surface area (Å²) < 4.78 is 0. The smallest absolute Gasteiger partial charge is 0.127 e. The van der Waals surface area contributed by atoms with Crippen molar-refractivity contribution in [2.24, 2.45) is 0 Å². The van der Waals surface area contributed by atoms with Crippen LogP contribution in [0.1, 0.15) is 75.8 Å². The molecular formula is C32H54N4OTa-4. The molecule has 2 aromatic rings. The fourth-order valence-electron chi connectivity index (χ4n) is 3.58. The van der Waals surface area contributed by atoms with Crippen molar-refractivity contribution in [3.63, 3.8) is 0 Å². The normalized spacial score (nSPS) is 11.7. The first-order valence-electron chi connectivity index (χ1n) is 12.8. The number of hydrogen-bond donors (Lipinski definition) is 1. The molecule has 1 radical (unpaired) electrons. The van der Waals surface area contributed by atoms with Gasteiger partial charge in [0.1, 0.15) is 5.75 Å². The molecule has 0 saturated heterocycles. The summed E-state index contributed by atoms with van der Waals surface area (Å²) >= 11 is 0. The third-order valence-electron chi connectivity index (χ3n) is 5.14. The largest absolute Gasteiger partial charge is 0.668 e. The number of fused-ring (bicyclic) bond motifs is 1. The van der Waals surface area contributed by atoms with Crippen molar-refractivity contribution >= 4 is 5.57 Å². The molecule has 2 aromatic carbocycles. The number of aryl methyl sites for hydroxylation is 1. The van der Waals surface area contributed by atoms with Crippen LogP contribution in [-0.4, -0.2) is 61.5 Å². The third kappa shape index (κ3) is 14.6. The van der Waals surface area contributed by atoms with Crippen LogP contribution in [0.2, 0.25) is 0 Å². The van der Waals surface area contributed by atoms with E-state index >= 15 is 0 Å². The van der Waals surface area contributed by atoms with Crippen LogP contribution in [0.15, 0.2) is 42.5 Å². The number of rotatable bonds is 1. The number of phenolic OH excluding ortho intramolecular Hbond substituents is 1. The van der Waals surface area contributed by atoms with Crippen LogP contribution in [0, 0.1) is 0 Å². The van der Waals surface area contributed by atoms with E-state index in [4.69, 9.17) is 0 Å². The van der Waals surface area contributed by atoms with E-state index in [1.807, 2.05) is 0 Å². The number of aromatic hydroxyl groups is 1. The van der Waals surface area contributed by atoms with Crippen LogP contribution in [0.3, 0.4) is 0 Å². The first-order chi connectivity index (χ1) is 17.2. The molecule has 0 saturated carbocycles. The van der Waals surface area contributed by atoms with E-state index < -0.39 is 0 Å². The summed E-state index contributed by atoms with van der Waals surface area (Å²) in [7, 11) is 14.0. The number of nitrogens with zero attached hydrogens (tertiary/aromatic N) is 4. The first-order valence-corrected chi connectivity index (χ1v) is 12.8. The second-order valence-corrected chi connectivity index (χ2v) is 11.0. The molecule has 3 rings (SSSR count). The van der Waals surface area contributed by atoms with Gasteiger partial charge in [0.05, 0.1) is 0 Å². The zero-order chi connectivity index (χ0) is 29.2. The molecule has 1 N–H and O–H groups in total. The van der Waals surface area contributed by atoms with Crippen LogP contribution < -0.4 is 0 Å². The summed E-state index contributed by atoms with van der Waals surface area (Å²) in [6.45, 7) is 13.2. The fraction of sp³-hybridized carbons (Fsp3) is 0.562. The van der Waals surface area contributed by atoms with Crippen LogP contribution >= 0.6 is 0 Å². The molecule has 0 aliphatic heterocycles. The first kappa shape index (κ1) is 41.0. The van der Waals surface area contributed by atoms with Crippen molar-refractivity contribution in [1.82, 2.24) is 0 Å². The molecule has 1 aliphatic carbocycles. The second kappa shape index (κ2) is 21.4. The van der Waals surface area contributed by atoms with Crippen molar-refractivity contribution in [3.05, 3.63) is 91.6 Å². The van der Waals surface area contributed by atoms with Gasteiger partial charge in [0.2, 0.25) is 0 Å². The van der Waals surface area contributed by atoms with Gasteiger partial charge in [-0.05, 0) is 52.0 Å². The van der Waals surface area contributed by atoms with Crippen LogP contribution in [0.4, 0.5) is 0 Å². The molecule has 0 spiro atoms. The molecule has 0 amide bonds. The minimum Gasteiger partial charge on any atom is -0.668 e. The van der Waals surface area contributed by atoms with Gasteiger partial charge < -0.3 is 26.4 Å². The summed E-state index contributed by atoms with van der Waals surface area (Å²) in [5.74, 6) is 0.434. The molecule has 6 heteroatoms. The molecule has 0 unspecified atom stereocenters. The Morgan fingerprint density at radius 1 is 0.658 bits per heavy atom. The minimum absolute atomic E-state index is 0. The zero-order valence-corrected chi connectivity index (χ0v) is 29.9. The number of allylic oxidation sites excluding steroid dienone is 1. The molecule has 0 fully saturated rings. The summed E-state index contributed by atoms with van der Waals surface area (Å²) in [4.78, 5) is 0. The molecule has 1 aliphatic rings. The van der Waals surface area contributed by atoms with Gasteiger partial charge in [-0.2, -0.15) is 56.4 Å². The van der Waals surface area contributed by atoms with E-state index in [2.05, 4.69) is 105 Å². The SMILES string of the molecule is CC(C)(C)c1cc(C2=CCCc3ccccc32)c(O)c(C(C)(C)C)c1.C[N-]C.C[N-]C.C[N-]C.C[N-]C.[Ta]. The summed E-state index contributed by atoms with van der Waals surface area (Å²) in [6.07, 6.45) is 4.39. The van der Waals surface area contributed by atoms with E-state index in [0.717, 1.165) is 24.0 Å². The van der Waals surface area contributed by atoms with Crippen LogP contribution in [0.25, 0.3) is 26.8 Å². The van der Waals surface area contributed by atoms with Gasteiger partial charge in [0.15, 0.2) is 0 Å². The van der Waals surface area contributed by atoms with E-state index in [1.54, 1.807) is 56.4 Å². The Kier molecular flexibility index (Phi) is 23.1. The van der Waals surface area contributed by atoms with Crippen molar-refractivity contribution in [2.45, 2.75) is 65.2 Å². The Labute approximate surface area is 251 Å². The number of hydrogen-bond acceptors (Lipinski definition) is 1. The molecule has 5 nitrogen and oxygen atoms in total. The minimum atomic E-state index is -0.102. The Morgan fingerprint density at radius 2 is 1.11 bits per heavy atom. The van der Waals surface area contributed by atoms with Gasteiger partial charge in [-0.15, -0.1) is 0 Å². The molecule has 0 bridgehead atoms. The van der Waals surface area contributed by atoms with Crippen molar-refractivity contribution in [2.75, 3.05) is 56.4 Å². The molecule has 0 aromatic heterocycles. The van der Waals surface area contributed by atoms with Gasteiger partial charge in [-0.25, -0.2) is 0 Å². The Bertz CT molecular complexity index is 905. The number of phenols is 1. The average Bonchev–Trinajstić information content (AvgIpc) is 2.79. The average molecular weight is 692 g/mol. The van der Waals surface area contributed by atoms with E-state index in [0.29, 0.717) is 5.75 Å². The quantitative estimate of drug-likeness (QED) is 0.319. The maximum Gasteiger partial charge on any atom is 0.127 e. The number of benzene rings is 2. The third-order valence-corrected chi connectivity index (χ3v) is 5.14. The molecular weight excluding hydrogens is 637 g/mol. The molecule has 217 valence electrons. The summed E-state index contributed by atoms with van der Waals surface area (Å²) in [5.41, 5.74) is 7.02. The van der Waals surface area contributed by atoms with Gasteiger partial charge in [0, 0.05) is 33.5 Å². The molecule has 0 atom stereocenters. The Hall–Kier alpha value is -1.44. The van der Waals surface area contributed by atoms with Gasteiger partial charge in [-0.3, -0.25) is 0 Å². The predicted molar refractivity (Wildman–Crippen MR) is 168 cm³/mol. The maximum absolute atomic E-state index is 11.2. The Balaban J connectivity index is -0.000000807. The van der Waals surface area contributed by atoms with E-state index in [9.17, 15) is 5.11 Å². The summed E-state index contributed by atoms with van der Waals surface area (Å²) in [6, 6.07) is 13.0. The van der Waals surface area contributed by atoms with Crippen molar-refractivity contribution in [3.8, 4) is 5.75 Å². The zero-order valence-electron chi connectivity index (χ0n) is 26.6. The standard InChI is InChI=1S/C24H30O.4C2H6N.Ta/c1-23(2,3)17-14-20(22(25)21(15-17)24(4,5)6)19-13-9-11-16-10-7-8-12-18(16)19;4*1-3-2;/h7-8,10,12-15,25H,9,11H2,1-6H3;4*1-2H3;/q;4*-1;. The fourth-order valence-corrected chi connectivity index (χ4v) is 3.58. The van der Waals surface area contributed by atoms with Gasteiger partial charge >= 0.3 is 0 Å². The second-order valence-electron chi connectivity index (χ2n) is 11.0. The topological polar surface area (TPSA) is 76.6 Å². The van der Waals surface area contributed by atoms with Crippen molar-refractivity contribution in [1.29, 1.82) is 0 Å². The molecule has 0 heterocycles. The summed E-state index contributed by atoms with van der Waals surface area (Å²) in [5, 5.41) is 25.2. The predicted octanol–water partition coefficient (Wildman–Crippen LogP) is 8.84. The van der Waals surface area contributed by atoms with Gasteiger partial charge in [0.25, 0.3) is 0 Å². The molecule has 38 heavy (non-hydrogen) atoms.